The maximum Gasteiger partial charge on any atom is 0.213 e. The van der Waals surface area contributed by atoms with E-state index in [4.69, 9.17) is 0 Å². The van der Waals surface area contributed by atoms with Crippen LogP contribution in [0.25, 0.3) is 0 Å². The first-order valence-corrected chi connectivity index (χ1v) is 10.8. The van der Waals surface area contributed by atoms with Crippen molar-refractivity contribution in [1.82, 2.24) is 14.2 Å². The van der Waals surface area contributed by atoms with E-state index in [0.29, 0.717) is 25.0 Å². The van der Waals surface area contributed by atoms with Gasteiger partial charge in [-0.2, -0.15) is 0 Å². The molecule has 2 saturated heterocycles. The standard InChI is InChI=1S/C18H29N3O2S/c1-2-24(22,23)21-12-8-17(9-13-21)18-7-3-4-11-20(18)15-16-6-5-10-19-14-16/h5-6,10,14,17-18H,2-4,7-9,11-13,15H2,1H3. The van der Waals surface area contributed by atoms with E-state index >= 15 is 0 Å². The molecule has 0 bridgehead atoms. The van der Waals surface area contributed by atoms with Crippen LogP contribution in [0, 0.1) is 5.92 Å². The summed E-state index contributed by atoms with van der Waals surface area (Å²) < 4.78 is 25.8. The van der Waals surface area contributed by atoms with Crippen molar-refractivity contribution in [3.05, 3.63) is 30.1 Å². The monoisotopic (exact) mass is 351 g/mol. The Labute approximate surface area is 146 Å². The van der Waals surface area contributed by atoms with Crippen LogP contribution in [-0.2, 0) is 16.6 Å². The average Bonchev–Trinajstić information content (AvgIpc) is 2.63. The van der Waals surface area contributed by atoms with E-state index in [1.54, 1.807) is 11.2 Å². The van der Waals surface area contributed by atoms with Crippen LogP contribution in [0.5, 0.6) is 0 Å². The van der Waals surface area contributed by atoms with E-state index in [-0.39, 0.29) is 5.75 Å². The molecule has 1 aromatic heterocycles. The fourth-order valence-electron chi connectivity index (χ4n) is 4.19. The highest BCUT2D eigenvalue weighted by Gasteiger charge is 2.34. The zero-order chi connectivity index (χ0) is 17.0. The molecule has 3 rings (SSSR count). The van der Waals surface area contributed by atoms with E-state index in [1.165, 1.54) is 24.8 Å². The van der Waals surface area contributed by atoms with Gasteiger partial charge in [-0.15, -0.1) is 0 Å². The van der Waals surface area contributed by atoms with Gasteiger partial charge in [0.05, 0.1) is 5.75 Å². The molecule has 134 valence electrons. The predicted molar refractivity (Wildman–Crippen MR) is 96.0 cm³/mol. The number of likely N-dealkylation sites (tertiary alicyclic amines) is 1. The first-order chi connectivity index (χ1) is 11.6. The van der Waals surface area contributed by atoms with Gasteiger partial charge >= 0.3 is 0 Å². The summed E-state index contributed by atoms with van der Waals surface area (Å²) >= 11 is 0. The van der Waals surface area contributed by atoms with Gasteiger partial charge in [-0.05, 0) is 56.7 Å². The van der Waals surface area contributed by atoms with Gasteiger partial charge in [0.15, 0.2) is 0 Å². The average molecular weight is 352 g/mol. The zero-order valence-electron chi connectivity index (χ0n) is 14.6. The molecule has 1 atom stereocenters. The van der Waals surface area contributed by atoms with Gasteiger partial charge in [-0.1, -0.05) is 12.5 Å². The molecular formula is C18H29N3O2S. The van der Waals surface area contributed by atoms with Crippen LogP contribution in [0.2, 0.25) is 0 Å². The molecule has 1 unspecified atom stereocenters. The number of hydrogen-bond donors (Lipinski definition) is 0. The summed E-state index contributed by atoms with van der Waals surface area (Å²) in [6.07, 6.45) is 9.57. The summed E-state index contributed by atoms with van der Waals surface area (Å²) in [7, 11) is -3.03. The molecule has 1 aromatic rings. The van der Waals surface area contributed by atoms with Crippen LogP contribution in [0.1, 0.15) is 44.6 Å². The molecule has 0 amide bonds. The smallest absolute Gasteiger partial charge is 0.213 e. The van der Waals surface area contributed by atoms with Gasteiger partial charge < -0.3 is 0 Å². The molecule has 2 aliphatic heterocycles. The molecule has 5 nitrogen and oxygen atoms in total. The Balaban J connectivity index is 1.62. The van der Waals surface area contributed by atoms with Gasteiger partial charge in [0.2, 0.25) is 10.0 Å². The first kappa shape index (κ1) is 17.8. The normalized spacial score (nSPS) is 25.0. The van der Waals surface area contributed by atoms with Gasteiger partial charge in [-0.3, -0.25) is 9.88 Å². The van der Waals surface area contributed by atoms with Crippen LogP contribution in [0.4, 0.5) is 0 Å². The summed E-state index contributed by atoms with van der Waals surface area (Å²) in [5.74, 6) is 0.832. The minimum Gasteiger partial charge on any atom is -0.296 e. The van der Waals surface area contributed by atoms with Crippen LogP contribution < -0.4 is 0 Å². The Morgan fingerprint density at radius 3 is 2.62 bits per heavy atom. The minimum atomic E-state index is -3.03. The molecule has 6 heteroatoms. The fraction of sp³-hybridized carbons (Fsp3) is 0.722. The second-order valence-corrected chi connectivity index (χ2v) is 9.29. The maximum absolute atomic E-state index is 12.1. The number of nitrogens with zero attached hydrogens (tertiary/aromatic N) is 3. The molecule has 2 aliphatic rings. The van der Waals surface area contributed by atoms with Crippen molar-refractivity contribution in [2.75, 3.05) is 25.4 Å². The Morgan fingerprint density at radius 1 is 1.17 bits per heavy atom. The van der Waals surface area contributed by atoms with Crippen molar-refractivity contribution >= 4 is 10.0 Å². The first-order valence-electron chi connectivity index (χ1n) is 9.21. The second-order valence-electron chi connectivity index (χ2n) is 7.03. The summed E-state index contributed by atoms with van der Waals surface area (Å²) in [6, 6.07) is 4.74. The highest BCUT2D eigenvalue weighted by molar-refractivity contribution is 7.89. The van der Waals surface area contributed by atoms with E-state index in [1.807, 2.05) is 18.5 Å². The largest absolute Gasteiger partial charge is 0.296 e. The Bertz CT molecular complexity index is 612. The minimum absolute atomic E-state index is 0.216. The van der Waals surface area contributed by atoms with Crippen LogP contribution in [-0.4, -0.2) is 54.0 Å². The summed E-state index contributed by atoms with van der Waals surface area (Å²) in [6.45, 7) is 5.23. The lowest BCUT2D eigenvalue weighted by Crippen LogP contribution is -2.48. The molecule has 24 heavy (non-hydrogen) atoms. The Morgan fingerprint density at radius 2 is 1.96 bits per heavy atom. The van der Waals surface area contributed by atoms with Crippen LogP contribution in [0.15, 0.2) is 24.5 Å². The fourth-order valence-corrected chi connectivity index (χ4v) is 5.33. The number of sulfonamides is 1. The van der Waals surface area contributed by atoms with Gasteiger partial charge in [-0.25, -0.2) is 12.7 Å². The third kappa shape index (κ3) is 4.16. The molecular weight excluding hydrogens is 322 g/mol. The molecule has 2 fully saturated rings. The maximum atomic E-state index is 12.1. The lowest BCUT2D eigenvalue weighted by molar-refractivity contribution is 0.0683. The topological polar surface area (TPSA) is 53.5 Å². The van der Waals surface area contributed by atoms with E-state index in [0.717, 1.165) is 25.9 Å². The molecule has 0 aromatic carbocycles. The predicted octanol–water partition coefficient (Wildman–Crippen LogP) is 2.50. The third-order valence-corrected chi connectivity index (χ3v) is 7.46. The second kappa shape index (κ2) is 7.93. The number of pyridine rings is 1. The molecule has 0 spiro atoms. The van der Waals surface area contributed by atoms with Crippen molar-refractivity contribution in [2.45, 2.75) is 51.6 Å². The summed E-state index contributed by atoms with van der Waals surface area (Å²) in [5.41, 5.74) is 1.27. The number of piperidine rings is 2. The number of rotatable bonds is 5. The summed E-state index contributed by atoms with van der Waals surface area (Å²) in [4.78, 5) is 6.84. The molecule has 0 N–H and O–H groups in total. The van der Waals surface area contributed by atoms with Gasteiger partial charge in [0.1, 0.15) is 0 Å². The number of aromatic nitrogens is 1. The van der Waals surface area contributed by atoms with E-state index < -0.39 is 10.0 Å². The molecule has 0 aliphatic carbocycles. The van der Waals surface area contributed by atoms with Crippen LogP contribution >= 0.6 is 0 Å². The van der Waals surface area contributed by atoms with Gasteiger partial charge in [0.25, 0.3) is 0 Å². The van der Waals surface area contributed by atoms with E-state index in [2.05, 4.69) is 16.0 Å². The molecule has 0 saturated carbocycles. The van der Waals surface area contributed by atoms with Crippen LogP contribution in [0.3, 0.4) is 0 Å². The van der Waals surface area contributed by atoms with Crippen molar-refractivity contribution in [3.8, 4) is 0 Å². The van der Waals surface area contributed by atoms with Crippen molar-refractivity contribution in [3.63, 3.8) is 0 Å². The van der Waals surface area contributed by atoms with Crippen molar-refractivity contribution in [1.29, 1.82) is 0 Å². The summed E-state index contributed by atoms with van der Waals surface area (Å²) in [5, 5.41) is 0. The lowest BCUT2D eigenvalue weighted by Gasteiger charge is -2.43. The zero-order valence-corrected chi connectivity index (χ0v) is 15.4. The Hall–Kier alpha value is -0.980. The van der Waals surface area contributed by atoms with Crippen molar-refractivity contribution < 1.29 is 8.42 Å². The molecule has 0 radical (unpaired) electrons. The van der Waals surface area contributed by atoms with E-state index in [9.17, 15) is 8.42 Å². The quantitative estimate of drug-likeness (QED) is 0.818. The molecule has 3 heterocycles. The Kier molecular flexibility index (Phi) is 5.89. The SMILES string of the molecule is CCS(=O)(=O)N1CCC(C2CCCCN2Cc2cccnc2)CC1. The van der Waals surface area contributed by atoms with Gasteiger partial charge in [0, 0.05) is 38.1 Å². The third-order valence-electron chi connectivity index (χ3n) is 5.57. The number of hydrogen-bond acceptors (Lipinski definition) is 4. The van der Waals surface area contributed by atoms with Crippen molar-refractivity contribution in [2.24, 2.45) is 5.92 Å². The lowest BCUT2D eigenvalue weighted by atomic mass is 9.84. The highest BCUT2D eigenvalue weighted by atomic mass is 32.2. The highest BCUT2D eigenvalue weighted by Crippen LogP contribution is 2.32.